The Morgan fingerprint density at radius 1 is 1.29 bits per heavy atom. The second-order valence-electron chi connectivity index (χ2n) is 4.12. The molecular weight excluding hydrogens is 200 g/mol. The van der Waals surface area contributed by atoms with E-state index in [9.17, 15) is 9.59 Å². The molecular formula is C9H11N2O2S+. The third-order valence-electron chi connectivity index (χ3n) is 3.44. The molecule has 1 saturated heterocycles. The average molecular weight is 211 g/mol. The van der Waals surface area contributed by atoms with Crippen molar-refractivity contribution < 1.29 is 14.2 Å². The summed E-state index contributed by atoms with van der Waals surface area (Å²) in [7, 11) is 0. The lowest BCUT2D eigenvalue weighted by Gasteiger charge is -2.45. The quantitative estimate of drug-likeness (QED) is 0.356. The van der Waals surface area contributed by atoms with E-state index < -0.39 is 0 Å². The molecule has 0 atom stereocenters. The monoisotopic (exact) mass is 211 g/mol. The number of hydrogen-bond donors (Lipinski definition) is 1. The standard InChI is InChI=1S/C9H10N2O2S/c12-6-5-7(13)11-8(14)10(6)9(11)3-1-2-4-9/h1-5H2/p+1. The molecule has 1 saturated carbocycles. The van der Waals surface area contributed by atoms with Crippen LogP contribution in [0.3, 0.4) is 0 Å². The largest absolute Gasteiger partial charge is 0.327 e. The van der Waals surface area contributed by atoms with Crippen molar-refractivity contribution >= 4 is 29.6 Å². The molecule has 3 heterocycles. The van der Waals surface area contributed by atoms with Gasteiger partial charge < -0.3 is 0 Å². The van der Waals surface area contributed by atoms with Crippen LogP contribution in [0.1, 0.15) is 32.1 Å². The molecule has 4 nitrogen and oxygen atoms in total. The Hall–Kier alpha value is -0.840. The van der Waals surface area contributed by atoms with Crippen LogP contribution in [0.2, 0.25) is 0 Å². The molecule has 4 aliphatic rings. The number of rotatable bonds is 0. The van der Waals surface area contributed by atoms with E-state index in [2.05, 4.69) is 12.6 Å². The number of hydrogen-bond acceptors (Lipinski definition) is 2. The fourth-order valence-electron chi connectivity index (χ4n) is 2.89. The summed E-state index contributed by atoms with van der Waals surface area (Å²) in [5.41, 5.74) is -0.302. The molecule has 0 aromatic carbocycles. The van der Waals surface area contributed by atoms with Gasteiger partial charge in [0, 0.05) is 12.8 Å². The van der Waals surface area contributed by atoms with Crippen LogP contribution in [0.4, 0.5) is 0 Å². The zero-order chi connectivity index (χ0) is 9.92. The Kier molecular flexibility index (Phi) is 1.45. The van der Waals surface area contributed by atoms with Gasteiger partial charge in [-0.05, 0) is 12.8 Å². The van der Waals surface area contributed by atoms with Gasteiger partial charge >= 0.3 is 17.0 Å². The van der Waals surface area contributed by atoms with Crippen LogP contribution in [0.5, 0.6) is 0 Å². The maximum atomic E-state index is 11.6. The Labute approximate surface area is 87.0 Å². The number of carbonyl (C=O) groups is 2. The first-order chi connectivity index (χ1) is 6.67. The smallest absolute Gasteiger partial charge is 0.246 e. The zero-order valence-electron chi connectivity index (χ0n) is 7.69. The summed E-state index contributed by atoms with van der Waals surface area (Å²) in [6.45, 7) is 0. The van der Waals surface area contributed by atoms with Crippen molar-refractivity contribution in [3.8, 4) is 0 Å². The van der Waals surface area contributed by atoms with Gasteiger partial charge in [-0.3, -0.25) is 0 Å². The van der Waals surface area contributed by atoms with E-state index in [0.29, 0.717) is 5.17 Å². The highest BCUT2D eigenvalue weighted by molar-refractivity contribution is 7.96. The van der Waals surface area contributed by atoms with Gasteiger partial charge in [-0.25, -0.2) is 9.59 Å². The van der Waals surface area contributed by atoms with Crippen LogP contribution >= 0.6 is 12.6 Å². The van der Waals surface area contributed by atoms with E-state index >= 15 is 0 Å². The van der Waals surface area contributed by atoms with Gasteiger partial charge in [0.1, 0.15) is 0 Å². The number of amides is 2. The number of carbonyl (C=O) groups excluding carboxylic acids is 2. The fraction of sp³-hybridized carbons (Fsp3) is 0.667. The Balaban J connectivity index is 2.14. The third kappa shape index (κ3) is 0.714. The predicted octanol–water partition coefficient (Wildman–Crippen LogP) is 0.328. The third-order valence-corrected chi connectivity index (χ3v) is 3.84. The molecule has 0 N–H and O–H groups in total. The van der Waals surface area contributed by atoms with Crippen molar-refractivity contribution in [2.45, 2.75) is 37.8 Å². The molecule has 2 bridgehead atoms. The van der Waals surface area contributed by atoms with Gasteiger partial charge in [-0.2, -0.15) is 0 Å². The average Bonchev–Trinajstić information content (AvgIpc) is 2.52. The Morgan fingerprint density at radius 2 is 1.93 bits per heavy atom. The maximum absolute atomic E-state index is 11.6. The van der Waals surface area contributed by atoms with Gasteiger partial charge in [-0.15, -0.1) is 9.48 Å². The first-order valence-corrected chi connectivity index (χ1v) is 5.33. The minimum Gasteiger partial charge on any atom is -0.246 e. The van der Waals surface area contributed by atoms with Crippen LogP contribution < -0.4 is 0 Å². The highest BCUT2D eigenvalue weighted by Crippen LogP contribution is 2.45. The SMILES string of the molecule is O=C1CC(=O)[N+]2=C(S)N1C21CCCC1. The molecule has 74 valence electrons. The summed E-state index contributed by atoms with van der Waals surface area (Å²) in [6, 6.07) is 0. The predicted molar refractivity (Wildman–Crippen MR) is 51.9 cm³/mol. The lowest BCUT2D eigenvalue weighted by atomic mass is 9.97. The number of nitrogens with zero attached hydrogens (tertiary/aromatic N) is 2. The Bertz CT molecular complexity index is 382. The minimum atomic E-state index is -0.302. The molecule has 5 heteroatoms. The molecule has 2 amide bonds. The van der Waals surface area contributed by atoms with Crippen molar-refractivity contribution in [2.24, 2.45) is 0 Å². The van der Waals surface area contributed by atoms with Gasteiger partial charge in [0.15, 0.2) is 6.42 Å². The van der Waals surface area contributed by atoms with Crippen LogP contribution in [0.15, 0.2) is 0 Å². The molecule has 4 rings (SSSR count). The van der Waals surface area contributed by atoms with Crippen LogP contribution in [0, 0.1) is 0 Å². The number of fused-ring (bicyclic) bond motifs is 2. The van der Waals surface area contributed by atoms with Crippen molar-refractivity contribution in [1.82, 2.24) is 4.90 Å². The second kappa shape index (κ2) is 2.39. The van der Waals surface area contributed by atoms with E-state index in [1.165, 1.54) is 0 Å². The molecule has 1 spiro atoms. The van der Waals surface area contributed by atoms with Gasteiger partial charge in [0.2, 0.25) is 0 Å². The summed E-state index contributed by atoms with van der Waals surface area (Å²) in [4.78, 5) is 25.0. The molecule has 3 aliphatic heterocycles. The number of amidine groups is 1. The number of thiol groups is 1. The molecule has 0 aromatic heterocycles. The summed E-state index contributed by atoms with van der Waals surface area (Å²) in [5.74, 6) is -0.159. The van der Waals surface area contributed by atoms with Crippen LogP contribution in [0.25, 0.3) is 0 Å². The maximum Gasteiger partial charge on any atom is 0.327 e. The fourth-order valence-corrected chi connectivity index (χ4v) is 3.49. The van der Waals surface area contributed by atoms with E-state index in [0.717, 1.165) is 25.7 Å². The molecule has 2 fully saturated rings. The van der Waals surface area contributed by atoms with Crippen molar-refractivity contribution in [1.29, 1.82) is 0 Å². The highest BCUT2D eigenvalue weighted by atomic mass is 32.1. The summed E-state index contributed by atoms with van der Waals surface area (Å²) in [6.07, 6.45) is 4.03. The Morgan fingerprint density at radius 3 is 2.43 bits per heavy atom. The van der Waals surface area contributed by atoms with E-state index in [1.807, 2.05) is 0 Å². The molecule has 0 radical (unpaired) electrons. The summed E-state index contributed by atoms with van der Waals surface area (Å²) in [5, 5.41) is 0.535. The first-order valence-electron chi connectivity index (χ1n) is 4.89. The first kappa shape index (κ1) is 8.47. The van der Waals surface area contributed by atoms with E-state index in [-0.39, 0.29) is 23.9 Å². The second-order valence-corrected chi connectivity index (χ2v) is 4.52. The van der Waals surface area contributed by atoms with Crippen molar-refractivity contribution in [3.05, 3.63) is 0 Å². The lowest BCUT2D eigenvalue weighted by Crippen LogP contribution is -2.75. The zero-order valence-corrected chi connectivity index (χ0v) is 8.59. The summed E-state index contributed by atoms with van der Waals surface area (Å²) >= 11 is 4.20. The van der Waals surface area contributed by atoms with Crippen LogP contribution in [-0.4, -0.2) is 32.1 Å². The molecule has 0 aromatic rings. The van der Waals surface area contributed by atoms with Gasteiger partial charge in [0.25, 0.3) is 5.66 Å². The van der Waals surface area contributed by atoms with E-state index in [1.54, 1.807) is 9.48 Å². The molecule has 0 unspecified atom stereocenters. The normalized spacial score (nSPS) is 28.8. The molecule has 14 heavy (non-hydrogen) atoms. The molecule has 1 aliphatic carbocycles. The summed E-state index contributed by atoms with van der Waals surface area (Å²) < 4.78 is 1.71. The topological polar surface area (TPSA) is 40.4 Å². The van der Waals surface area contributed by atoms with Gasteiger partial charge in [0.05, 0.1) is 0 Å². The highest BCUT2D eigenvalue weighted by Gasteiger charge is 2.69. The van der Waals surface area contributed by atoms with Crippen molar-refractivity contribution in [3.63, 3.8) is 0 Å². The van der Waals surface area contributed by atoms with E-state index in [4.69, 9.17) is 0 Å². The lowest BCUT2D eigenvalue weighted by molar-refractivity contribution is -0.601. The van der Waals surface area contributed by atoms with Crippen LogP contribution in [-0.2, 0) is 9.59 Å². The minimum absolute atomic E-state index is 0.0197. The van der Waals surface area contributed by atoms with Crippen molar-refractivity contribution in [2.75, 3.05) is 0 Å². The van der Waals surface area contributed by atoms with Gasteiger partial charge in [-0.1, -0.05) is 12.6 Å².